The van der Waals surface area contributed by atoms with Crippen LogP contribution in [0.5, 0.6) is 0 Å². The first-order chi connectivity index (χ1) is 21.0. The number of hydrazone groups is 1. The first kappa shape index (κ1) is 30.6. The molecule has 0 radical (unpaired) electrons. The smallest absolute Gasteiger partial charge is 0.272 e. The van der Waals surface area contributed by atoms with Gasteiger partial charge in [0.1, 0.15) is 5.69 Å². The van der Waals surface area contributed by atoms with Gasteiger partial charge in [0.05, 0.1) is 22.1 Å². The topological polar surface area (TPSA) is 111 Å². The van der Waals surface area contributed by atoms with Crippen molar-refractivity contribution in [2.45, 2.75) is 71.1 Å². The predicted molar refractivity (Wildman–Crippen MR) is 178 cm³/mol. The van der Waals surface area contributed by atoms with Gasteiger partial charge in [0.15, 0.2) is 0 Å². The molecular weight excluding hydrogens is 552 g/mol. The number of nitro benzene ring substituents is 2. The van der Waals surface area contributed by atoms with Crippen LogP contribution in [-0.2, 0) is 10.8 Å². The van der Waals surface area contributed by atoms with E-state index in [2.05, 4.69) is 99.7 Å². The third-order valence-corrected chi connectivity index (χ3v) is 8.61. The Balaban J connectivity index is 1.50. The monoisotopic (exact) mass is 590 g/mol. The van der Waals surface area contributed by atoms with Crippen LogP contribution >= 0.6 is 0 Å². The normalized spacial score (nSPS) is 13.5. The number of hydrogen-bond acceptors (Lipinski definition) is 6. The number of nitrogens with one attached hydrogen (secondary N) is 1. The lowest BCUT2D eigenvalue weighted by Gasteiger charge is -2.32. The Morgan fingerprint density at radius 2 is 1.39 bits per heavy atom. The standard InChI is InChI=1S/C36H38N4O4/c1-6-18-36(19-7-2)31-20-24(23-37-38-33-17-14-28(39(41)42)22-34(33)40(43)44)8-15-29(31)30-16-11-26(21-32(30)36)25-9-12-27(13-10-25)35(3,4)5/h8-17,20-23,38H,6-7,18-19H2,1-5H3/b37-23+. The van der Waals surface area contributed by atoms with Crippen molar-refractivity contribution in [3.63, 3.8) is 0 Å². The summed E-state index contributed by atoms with van der Waals surface area (Å²) in [5.41, 5.74) is 11.7. The Bertz CT molecular complexity index is 1750. The third-order valence-electron chi connectivity index (χ3n) is 8.61. The minimum absolute atomic E-state index is 0.0831. The van der Waals surface area contributed by atoms with E-state index < -0.39 is 15.5 Å². The fraction of sp³-hybridized carbons (Fsp3) is 0.306. The Hall–Kier alpha value is -4.85. The molecule has 0 heterocycles. The maximum absolute atomic E-state index is 11.5. The molecule has 0 amide bonds. The molecule has 44 heavy (non-hydrogen) atoms. The number of rotatable bonds is 10. The lowest BCUT2D eigenvalue weighted by molar-refractivity contribution is -0.393. The van der Waals surface area contributed by atoms with Gasteiger partial charge < -0.3 is 0 Å². The van der Waals surface area contributed by atoms with Crippen molar-refractivity contribution in [3.8, 4) is 22.3 Å². The summed E-state index contributed by atoms with van der Waals surface area (Å²) >= 11 is 0. The van der Waals surface area contributed by atoms with Crippen LogP contribution in [0.4, 0.5) is 17.1 Å². The van der Waals surface area contributed by atoms with Gasteiger partial charge in [-0.25, -0.2) is 0 Å². The van der Waals surface area contributed by atoms with Gasteiger partial charge in [-0.15, -0.1) is 0 Å². The molecule has 0 atom stereocenters. The number of nitro groups is 2. The molecule has 4 aromatic rings. The minimum atomic E-state index is -0.660. The second-order valence-corrected chi connectivity index (χ2v) is 12.6. The minimum Gasteiger partial charge on any atom is -0.272 e. The maximum Gasteiger partial charge on any atom is 0.301 e. The van der Waals surface area contributed by atoms with Crippen molar-refractivity contribution in [1.82, 2.24) is 0 Å². The van der Waals surface area contributed by atoms with Crippen LogP contribution in [-0.4, -0.2) is 16.1 Å². The Morgan fingerprint density at radius 1 is 0.773 bits per heavy atom. The number of hydrogen-bond donors (Lipinski definition) is 1. The number of anilines is 1. The van der Waals surface area contributed by atoms with Crippen molar-refractivity contribution < 1.29 is 9.85 Å². The van der Waals surface area contributed by atoms with Crippen LogP contribution in [0.15, 0.2) is 84.0 Å². The molecule has 1 N–H and O–H groups in total. The molecule has 0 saturated carbocycles. The molecule has 5 rings (SSSR count). The first-order valence-corrected chi connectivity index (χ1v) is 15.1. The van der Waals surface area contributed by atoms with Crippen molar-refractivity contribution in [2.24, 2.45) is 5.10 Å². The van der Waals surface area contributed by atoms with E-state index in [0.717, 1.165) is 37.3 Å². The van der Waals surface area contributed by atoms with E-state index in [0.29, 0.717) is 0 Å². The van der Waals surface area contributed by atoms with Crippen LogP contribution in [0.1, 0.15) is 82.6 Å². The highest BCUT2D eigenvalue weighted by atomic mass is 16.6. The molecule has 8 nitrogen and oxygen atoms in total. The van der Waals surface area contributed by atoms with Crippen LogP contribution in [0.3, 0.4) is 0 Å². The summed E-state index contributed by atoms with van der Waals surface area (Å²) in [7, 11) is 0. The van der Waals surface area contributed by atoms with Crippen molar-refractivity contribution in [2.75, 3.05) is 5.43 Å². The summed E-state index contributed by atoms with van der Waals surface area (Å²) in [6.07, 6.45) is 5.74. The number of fused-ring (bicyclic) bond motifs is 3. The quantitative estimate of drug-likeness (QED) is 0.112. The van der Waals surface area contributed by atoms with Gasteiger partial charge in [0.25, 0.3) is 5.69 Å². The largest absolute Gasteiger partial charge is 0.301 e. The molecule has 8 heteroatoms. The predicted octanol–water partition coefficient (Wildman–Crippen LogP) is 9.78. The average Bonchev–Trinajstić information content (AvgIpc) is 3.25. The Kier molecular flexibility index (Phi) is 8.37. The van der Waals surface area contributed by atoms with Gasteiger partial charge >= 0.3 is 5.69 Å². The van der Waals surface area contributed by atoms with Gasteiger partial charge in [-0.2, -0.15) is 5.10 Å². The second kappa shape index (κ2) is 12.0. The number of benzene rings is 4. The highest BCUT2D eigenvalue weighted by Crippen LogP contribution is 2.54. The van der Waals surface area contributed by atoms with Crippen molar-refractivity contribution >= 4 is 23.3 Å². The Morgan fingerprint density at radius 3 is 1.98 bits per heavy atom. The lowest BCUT2D eigenvalue weighted by Crippen LogP contribution is -2.25. The van der Waals surface area contributed by atoms with Gasteiger partial charge in [-0.1, -0.05) is 96.0 Å². The van der Waals surface area contributed by atoms with Gasteiger partial charge in [-0.3, -0.25) is 25.7 Å². The van der Waals surface area contributed by atoms with E-state index in [1.54, 1.807) is 6.21 Å². The van der Waals surface area contributed by atoms with E-state index in [9.17, 15) is 20.2 Å². The third kappa shape index (κ3) is 5.72. The molecule has 1 aliphatic carbocycles. The zero-order valence-electron chi connectivity index (χ0n) is 25.9. The Labute approximate surface area is 258 Å². The summed E-state index contributed by atoms with van der Waals surface area (Å²) in [5, 5.41) is 26.9. The average molecular weight is 591 g/mol. The van der Waals surface area contributed by atoms with Gasteiger partial charge in [0, 0.05) is 11.5 Å². The highest BCUT2D eigenvalue weighted by Gasteiger charge is 2.42. The molecule has 0 aliphatic heterocycles. The molecule has 0 spiro atoms. The van der Waals surface area contributed by atoms with E-state index in [4.69, 9.17) is 0 Å². The van der Waals surface area contributed by atoms with Crippen LogP contribution < -0.4 is 5.43 Å². The highest BCUT2D eigenvalue weighted by molar-refractivity contribution is 5.88. The molecule has 0 saturated heterocycles. The van der Waals surface area contributed by atoms with E-state index in [-0.39, 0.29) is 22.2 Å². The zero-order valence-corrected chi connectivity index (χ0v) is 25.9. The first-order valence-electron chi connectivity index (χ1n) is 15.1. The molecule has 1 aliphatic rings. The summed E-state index contributed by atoms with van der Waals surface area (Å²) < 4.78 is 0. The fourth-order valence-corrected chi connectivity index (χ4v) is 6.51. The summed E-state index contributed by atoms with van der Waals surface area (Å²) in [5.74, 6) is 0. The zero-order chi connectivity index (χ0) is 31.6. The summed E-state index contributed by atoms with van der Waals surface area (Å²) in [6.45, 7) is 11.2. The second-order valence-electron chi connectivity index (χ2n) is 12.6. The van der Waals surface area contributed by atoms with Crippen LogP contribution in [0, 0.1) is 20.2 Å². The van der Waals surface area contributed by atoms with Crippen LogP contribution in [0.25, 0.3) is 22.3 Å². The van der Waals surface area contributed by atoms with Gasteiger partial charge in [-0.05, 0) is 81.0 Å². The lowest BCUT2D eigenvalue weighted by atomic mass is 9.71. The van der Waals surface area contributed by atoms with Crippen LogP contribution in [0.2, 0.25) is 0 Å². The molecule has 4 aromatic carbocycles. The van der Waals surface area contributed by atoms with E-state index >= 15 is 0 Å². The van der Waals surface area contributed by atoms with E-state index in [1.165, 1.54) is 51.1 Å². The molecule has 0 unspecified atom stereocenters. The summed E-state index contributed by atoms with van der Waals surface area (Å²) in [6, 6.07) is 25.6. The van der Waals surface area contributed by atoms with Crippen molar-refractivity contribution in [1.29, 1.82) is 0 Å². The molecule has 226 valence electrons. The number of nitrogens with zero attached hydrogens (tertiary/aromatic N) is 3. The number of non-ortho nitro benzene ring substituents is 1. The molecule has 0 bridgehead atoms. The summed E-state index contributed by atoms with van der Waals surface area (Å²) in [4.78, 5) is 21.3. The van der Waals surface area contributed by atoms with E-state index in [1.807, 2.05) is 6.07 Å². The fourth-order valence-electron chi connectivity index (χ4n) is 6.51. The SMILES string of the molecule is CCCC1(CCC)c2cc(/C=N/Nc3ccc([N+](=O)[O-])cc3[N+](=O)[O-])ccc2-c2ccc(-c3ccc(C(C)(C)C)cc3)cc21. The van der Waals surface area contributed by atoms with Gasteiger partial charge in [0.2, 0.25) is 0 Å². The maximum atomic E-state index is 11.5. The van der Waals surface area contributed by atoms with Crippen molar-refractivity contribution in [3.05, 3.63) is 121 Å². The molecule has 0 fully saturated rings. The molecule has 0 aromatic heterocycles. The molecular formula is C36H38N4O4.